The predicted octanol–water partition coefficient (Wildman–Crippen LogP) is 3.19. The van der Waals surface area contributed by atoms with Crippen LogP contribution in [-0.4, -0.2) is 14.3 Å². The van der Waals surface area contributed by atoms with Gasteiger partial charge in [0.25, 0.3) is 10.0 Å². The van der Waals surface area contributed by atoms with Crippen LogP contribution in [0.15, 0.2) is 47.4 Å². The maximum atomic E-state index is 12.6. The van der Waals surface area contributed by atoms with E-state index in [0.717, 1.165) is 5.56 Å². The molecule has 0 aliphatic heterocycles. The van der Waals surface area contributed by atoms with E-state index >= 15 is 0 Å². The van der Waals surface area contributed by atoms with Crippen molar-refractivity contribution in [1.29, 1.82) is 0 Å². The molecule has 128 valence electrons. The second-order valence-electron chi connectivity index (χ2n) is 6.72. The lowest BCUT2D eigenvalue weighted by Crippen LogP contribution is -2.17. The number of hydrogen-bond donors (Lipinski definition) is 2. The molecule has 2 rings (SSSR count). The molecule has 0 aliphatic rings. The van der Waals surface area contributed by atoms with Gasteiger partial charge in [0.05, 0.1) is 10.6 Å². The highest BCUT2D eigenvalue weighted by atomic mass is 32.2. The summed E-state index contributed by atoms with van der Waals surface area (Å²) in [5.74, 6) is -0.594. The molecule has 0 radical (unpaired) electrons. The van der Waals surface area contributed by atoms with Gasteiger partial charge in [0.1, 0.15) is 0 Å². The van der Waals surface area contributed by atoms with Gasteiger partial charge in [-0.2, -0.15) is 0 Å². The second-order valence-corrected chi connectivity index (χ2v) is 8.40. The normalized spacial score (nSPS) is 12.0. The van der Waals surface area contributed by atoms with Gasteiger partial charge in [-0.25, -0.2) is 8.42 Å². The maximum Gasteiger partial charge on any atom is 0.261 e. The van der Waals surface area contributed by atoms with Crippen molar-refractivity contribution in [2.75, 3.05) is 4.72 Å². The number of rotatable bonds is 4. The number of nitrogens with two attached hydrogens (primary N) is 1. The van der Waals surface area contributed by atoms with Gasteiger partial charge in [-0.1, -0.05) is 39.0 Å². The number of primary amides is 1. The summed E-state index contributed by atoms with van der Waals surface area (Å²) in [7, 11) is -3.74. The van der Waals surface area contributed by atoms with Crippen LogP contribution in [0.4, 0.5) is 5.69 Å². The smallest absolute Gasteiger partial charge is 0.261 e. The fourth-order valence-corrected chi connectivity index (χ4v) is 3.47. The number of amides is 1. The van der Waals surface area contributed by atoms with Gasteiger partial charge in [-0.05, 0) is 47.7 Å². The van der Waals surface area contributed by atoms with E-state index < -0.39 is 15.9 Å². The number of benzene rings is 2. The summed E-state index contributed by atoms with van der Waals surface area (Å²) in [6.07, 6.45) is 0. The minimum absolute atomic E-state index is 0.0534. The molecule has 0 heterocycles. The van der Waals surface area contributed by atoms with Crippen molar-refractivity contribution in [2.24, 2.45) is 5.73 Å². The Hall–Kier alpha value is -2.34. The van der Waals surface area contributed by atoms with Crippen molar-refractivity contribution < 1.29 is 13.2 Å². The van der Waals surface area contributed by atoms with Gasteiger partial charge < -0.3 is 5.73 Å². The quantitative estimate of drug-likeness (QED) is 0.891. The highest BCUT2D eigenvalue weighted by molar-refractivity contribution is 7.92. The lowest BCUT2D eigenvalue weighted by molar-refractivity contribution is 0.0999. The van der Waals surface area contributed by atoms with Crippen molar-refractivity contribution in [3.63, 3.8) is 0 Å². The molecule has 0 fully saturated rings. The van der Waals surface area contributed by atoms with Crippen LogP contribution in [0, 0.1) is 6.92 Å². The Bertz CT molecular complexity index is 864. The molecule has 0 saturated carbocycles. The van der Waals surface area contributed by atoms with E-state index in [4.69, 9.17) is 5.73 Å². The molecule has 0 aliphatic carbocycles. The van der Waals surface area contributed by atoms with Crippen molar-refractivity contribution >= 4 is 21.6 Å². The van der Waals surface area contributed by atoms with E-state index in [1.165, 1.54) is 0 Å². The van der Waals surface area contributed by atoms with Crippen LogP contribution in [0.25, 0.3) is 0 Å². The molecule has 24 heavy (non-hydrogen) atoms. The molecule has 1 amide bonds. The first-order valence-electron chi connectivity index (χ1n) is 7.55. The van der Waals surface area contributed by atoms with Crippen LogP contribution < -0.4 is 10.5 Å². The minimum Gasteiger partial charge on any atom is -0.366 e. The summed E-state index contributed by atoms with van der Waals surface area (Å²) >= 11 is 0. The summed E-state index contributed by atoms with van der Waals surface area (Å²) in [6.45, 7) is 7.84. The Labute approximate surface area is 142 Å². The van der Waals surface area contributed by atoms with E-state index in [0.29, 0.717) is 16.8 Å². The summed E-state index contributed by atoms with van der Waals surface area (Å²) < 4.78 is 27.7. The lowest BCUT2D eigenvalue weighted by atomic mass is 9.87. The monoisotopic (exact) mass is 346 g/mol. The number of anilines is 1. The van der Waals surface area contributed by atoms with Crippen LogP contribution >= 0.6 is 0 Å². The van der Waals surface area contributed by atoms with Gasteiger partial charge in [-0.3, -0.25) is 9.52 Å². The maximum absolute atomic E-state index is 12.6. The zero-order valence-electron chi connectivity index (χ0n) is 14.3. The predicted molar refractivity (Wildman–Crippen MR) is 95.6 cm³/mol. The zero-order valence-corrected chi connectivity index (χ0v) is 15.1. The largest absolute Gasteiger partial charge is 0.366 e. The first-order chi connectivity index (χ1) is 11.0. The Kier molecular flexibility index (Phi) is 4.71. The summed E-state index contributed by atoms with van der Waals surface area (Å²) in [5.41, 5.74) is 7.42. The SMILES string of the molecule is Cc1c(NS(=O)(=O)c2ccc(C(C)(C)C)cc2)cccc1C(N)=O. The minimum atomic E-state index is -3.74. The molecule has 0 aromatic heterocycles. The molecule has 0 unspecified atom stereocenters. The Morgan fingerprint density at radius 3 is 2.12 bits per heavy atom. The Balaban J connectivity index is 2.36. The van der Waals surface area contributed by atoms with Crippen molar-refractivity contribution in [3.8, 4) is 0 Å². The number of carbonyl (C=O) groups excluding carboxylic acids is 1. The molecular weight excluding hydrogens is 324 g/mol. The molecular formula is C18H22N2O3S. The van der Waals surface area contributed by atoms with E-state index in [-0.39, 0.29) is 10.3 Å². The first kappa shape index (κ1) is 18.0. The molecule has 2 aromatic rings. The molecule has 0 bridgehead atoms. The summed E-state index contributed by atoms with van der Waals surface area (Å²) in [4.78, 5) is 11.6. The average molecular weight is 346 g/mol. The van der Waals surface area contributed by atoms with Gasteiger partial charge in [0.2, 0.25) is 5.91 Å². The first-order valence-corrected chi connectivity index (χ1v) is 9.03. The van der Waals surface area contributed by atoms with Gasteiger partial charge in [0.15, 0.2) is 0 Å². The van der Waals surface area contributed by atoms with Crippen LogP contribution in [-0.2, 0) is 15.4 Å². The second kappa shape index (κ2) is 6.28. The van der Waals surface area contributed by atoms with Crippen molar-refractivity contribution in [3.05, 3.63) is 59.2 Å². The Morgan fingerprint density at radius 1 is 1.04 bits per heavy atom. The molecule has 0 atom stereocenters. The Morgan fingerprint density at radius 2 is 1.62 bits per heavy atom. The summed E-state index contributed by atoms with van der Waals surface area (Å²) in [5, 5.41) is 0. The molecule has 5 nitrogen and oxygen atoms in total. The van der Waals surface area contributed by atoms with Crippen molar-refractivity contribution in [2.45, 2.75) is 38.0 Å². The topological polar surface area (TPSA) is 89.3 Å². The molecule has 6 heteroatoms. The van der Waals surface area contributed by atoms with E-state index in [9.17, 15) is 13.2 Å². The van der Waals surface area contributed by atoms with Gasteiger partial charge >= 0.3 is 0 Å². The van der Waals surface area contributed by atoms with Crippen LogP contribution in [0.2, 0.25) is 0 Å². The van der Waals surface area contributed by atoms with E-state index in [2.05, 4.69) is 25.5 Å². The standard InChI is InChI=1S/C18H22N2O3S/c1-12-15(17(19)21)6-5-7-16(12)20-24(22,23)14-10-8-13(9-11-14)18(2,3)4/h5-11,20H,1-4H3,(H2,19,21). The van der Waals surface area contributed by atoms with Crippen LogP contribution in [0.1, 0.15) is 42.3 Å². The molecule has 0 saturated heterocycles. The number of carbonyl (C=O) groups is 1. The number of sulfonamides is 1. The molecule has 2 aromatic carbocycles. The zero-order chi connectivity index (χ0) is 18.1. The number of nitrogens with one attached hydrogen (secondary N) is 1. The van der Waals surface area contributed by atoms with E-state index in [1.54, 1.807) is 49.4 Å². The average Bonchev–Trinajstić information content (AvgIpc) is 2.48. The van der Waals surface area contributed by atoms with Crippen LogP contribution in [0.5, 0.6) is 0 Å². The lowest BCUT2D eigenvalue weighted by Gasteiger charge is -2.19. The number of hydrogen-bond acceptors (Lipinski definition) is 3. The third-order valence-electron chi connectivity index (χ3n) is 3.87. The molecule has 0 spiro atoms. The third-order valence-corrected chi connectivity index (χ3v) is 5.26. The fraction of sp³-hybridized carbons (Fsp3) is 0.278. The summed E-state index contributed by atoms with van der Waals surface area (Å²) in [6, 6.07) is 11.5. The van der Waals surface area contributed by atoms with Gasteiger partial charge in [-0.15, -0.1) is 0 Å². The van der Waals surface area contributed by atoms with Crippen LogP contribution in [0.3, 0.4) is 0 Å². The fourth-order valence-electron chi connectivity index (χ4n) is 2.35. The van der Waals surface area contributed by atoms with E-state index in [1.807, 2.05) is 0 Å². The third kappa shape index (κ3) is 3.76. The highest BCUT2D eigenvalue weighted by Crippen LogP contribution is 2.25. The van der Waals surface area contributed by atoms with Crippen molar-refractivity contribution in [1.82, 2.24) is 0 Å². The molecule has 3 N–H and O–H groups in total. The van der Waals surface area contributed by atoms with Gasteiger partial charge in [0, 0.05) is 5.56 Å². The highest BCUT2D eigenvalue weighted by Gasteiger charge is 2.19.